The van der Waals surface area contributed by atoms with Crippen molar-refractivity contribution in [3.63, 3.8) is 0 Å². The molecule has 4 nitrogen and oxygen atoms in total. The van der Waals surface area contributed by atoms with E-state index in [1.165, 1.54) is 11.1 Å². The molecule has 4 rings (SSSR count). The fourth-order valence-corrected chi connectivity index (χ4v) is 4.57. The number of hydrogen-bond donors (Lipinski definition) is 1. The molecule has 0 aliphatic heterocycles. The Morgan fingerprint density at radius 2 is 1.62 bits per heavy atom. The lowest BCUT2D eigenvalue weighted by atomic mass is 10.00. The van der Waals surface area contributed by atoms with Crippen LogP contribution in [0, 0.1) is 11.3 Å². The van der Waals surface area contributed by atoms with Crippen LogP contribution in [0.4, 0.5) is 5.13 Å². The molecule has 4 aromatic rings. The van der Waals surface area contributed by atoms with Gasteiger partial charge < -0.3 is 5.32 Å². The number of nitrogens with one attached hydrogen (secondary N) is 1. The van der Waals surface area contributed by atoms with E-state index in [4.69, 9.17) is 0 Å². The van der Waals surface area contributed by atoms with Crippen molar-refractivity contribution in [2.24, 2.45) is 0 Å². The predicted octanol–water partition coefficient (Wildman–Crippen LogP) is 5.98. The first-order valence-electron chi connectivity index (χ1n) is 9.14. The number of nitrogens with zero attached hydrogens (tertiary/aromatic N) is 3. The maximum atomic E-state index is 9.28. The molecule has 0 aliphatic rings. The van der Waals surface area contributed by atoms with E-state index in [2.05, 4.69) is 58.0 Å². The van der Waals surface area contributed by atoms with Gasteiger partial charge in [-0.3, -0.25) is 0 Å². The van der Waals surface area contributed by atoms with Crippen molar-refractivity contribution in [2.75, 3.05) is 5.32 Å². The summed E-state index contributed by atoms with van der Waals surface area (Å²) in [5, 5.41) is 21.9. The molecular formula is C23H18N4S2. The zero-order valence-corrected chi connectivity index (χ0v) is 17.2. The van der Waals surface area contributed by atoms with Crippen molar-refractivity contribution in [3.05, 3.63) is 95.6 Å². The van der Waals surface area contributed by atoms with Gasteiger partial charge in [0.25, 0.3) is 0 Å². The molecule has 0 bridgehead atoms. The number of rotatable bonds is 7. The van der Waals surface area contributed by atoms with Crippen LogP contribution in [0.15, 0.2) is 83.2 Å². The predicted molar refractivity (Wildman–Crippen MR) is 120 cm³/mol. The minimum absolute atomic E-state index is 0.694. The molecule has 0 aliphatic carbocycles. The number of nitriles is 1. The first kappa shape index (κ1) is 19.2. The van der Waals surface area contributed by atoms with Gasteiger partial charge in [0.2, 0.25) is 5.13 Å². The van der Waals surface area contributed by atoms with Crippen molar-refractivity contribution in [1.29, 1.82) is 5.26 Å². The Kier molecular flexibility index (Phi) is 6.20. The Bertz CT molecular complexity index is 1120. The lowest BCUT2D eigenvalue weighted by molar-refractivity contribution is 0.995. The van der Waals surface area contributed by atoms with E-state index >= 15 is 0 Å². The normalized spacial score (nSPS) is 10.4. The number of aromatic nitrogens is 2. The van der Waals surface area contributed by atoms with Gasteiger partial charge in [-0.25, -0.2) is 0 Å². The summed E-state index contributed by atoms with van der Waals surface area (Å²) in [6, 6.07) is 28.5. The first-order valence-corrected chi connectivity index (χ1v) is 10.9. The standard InChI is InChI=1S/C23H18N4S2/c24-14-20-8-4-5-9-21(20)19-12-10-18(11-13-19)16-28-23-27-26-22(29-23)25-15-17-6-2-1-3-7-17/h1-13H,15-16H2,(H,25,26). The molecule has 0 radical (unpaired) electrons. The number of hydrogen-bond acceptors (Lipinski definition) is 6. The molecule has 0 spiro atoms. The summed E-state index contributed by atoms with van der Waals surface area (Å²) in [5.41, 5.74) is 5.14. The van der Waals surface area contributed by atoms with Crippen LogP contribution in [-0.2, 0) is 12.3 Å². The highest BCUT2D eigenvalue weighted by molar-refractivity contribution is 8.00. The lowest BCUT2D eigenvalue weighted by Gasteiger charge is -2.05. The number of benzene rings is 3. The van der Waals surface area contributed by atoms with Gasteiger partial charge >= 0.3 is 0 Å². The molecule has 0 amide bonds. The Labute approximate surface area is 178 Å². The molecule has 0 fully saturated rings. The summed E-state index contributed by atoms with van der Waals surface area (Å²) < 4.78 is 0.944. The Balaban J connectivity index is 1.34. The van der Waals surface area contributed by atoms with Crippen LogP contribution in [0.25, 0.3) is 11.1 Å². The Hall–Kier alpha value is -3.14. The number of thioether (sulfide) groups is 1. The highest BCUT2D eigenvalue weighted by Crippen LogP contribution is 2.30. The quantitative estimate of drug-likeness (QED) is 0.377. The average molecular weight is 415 g/mol. The largest absolute Gasteiger partial charge is 0.356 e. The third-order valence-corrected chi connectivity index (χ3v) is 6.45. The molecule has 142 valence electrons. The average Bonchev–Trinajstić information content (AvgIpc) is 3.25. The van der Waals surface area contributed by atoms with Gasteiger partial charge in [0.05, 0.1) is 11.6 Å². The molecule has 1 heterocycles. The SMILES string of the molecule is N#Cc1ccccc1-c1ccc(CSc2nnc(NCc3ccccc3)s2)cc1. The van der Waals surface area contributed by atoms with Crippen LogP contribution in [0.3, 0.4) is 0 Å². The van der Waals surface area contributed by atoms with Crippen LogP contribution < -0.4 is 5.32 Å². The van der Waals surface area contributed by atoms with E-state index in [9.17, 15) is 5.26 Å². The fourth-order valence-electron chi connectivity index (χ4n) is 2.87. The zero-order chi connectivity index (χ0) is 19.9. The van der Waals surface area contributed by atoms with Gasteiger partial charge in [0.15, 0.2) is 4.34 Å². The van der Waals surface area contributed by atoms with E-state index < -0.39 is 0 Å². The van der Waals surface area contributed by atoms with Crippen molar-refractivity contribution in [3.8, 4) is 17.2 Å². The summed E-state index contributed by atoms with van der Waals surface area (Å²) >= 11 is 3.25. The van der Waals surface area contributed by atoms with Crippen molar-refractivity contribution in [1.82, 2.24) is 10.2 Å². The minimum Gasteiger partial charge on any atom is -0.356 e. The highest BCUT2D eigenvalue weighted by atomic mass is 32.2. The van der Waals surface area contributed by atoms with Gasteiger partial charge in [-0.1, -0.05) is 95.9 Å². The van der Waals surface area contributed by atoms with Crippen molar-refractivity contribution in [2.45, 2.75) is 16.6 Å². The van der Waals surface area contributed by atoms with Crippen molar-refractivity contribution >= 4 is 28.2 Å². The molecule has 0 unspecified atom stereocenters. The molecule has 6 heteroatoms. The van der Waals surface area contributed by atoms with E-state index in [-0.39, 0.29) is 0 Å². The van der Waals surface area contributed by atoms with E-state index in [0.717, 1.165) is 32.9 Å². The second-order valence-electron chi connectivity index (χ2n) is 6.36. The molecule has 0 saturated carbocycles. The van der Waals surface area contributed by atoms with Gasteiger partial charge in [-0.15, -0.1) is 10.2 Å². The molecule has 0 atom stereocenters. The summed E-state index contributed by atoms with van der Waals surface area (Å²) in [5.74, 6) is 0.827. The van der Waals surface area contributed by atoms with Crippen molar-refractivity contribution < 1.29 is 0 Å². The smallest absolute Gasteiger partial charge is 0.206 e. The Morgan fingerprint density at radius 3 is 2.41 bits per heavy atom. The van der Waals surface area contributed by atoms with Crippen LogP contribution in [0.5, 0.6) is 0 Å². The van der Waals surface area contributed by atoms with Crippen LogP contribution >= 0.6 is 23.1 Å². The third-order valence-electron chi connectivity index (χ3n) is 4.37. The summed E-state index contributed by atoms with van der Waals surface area (Å²) in [6.07, 6.45) is 0. The van der Waals surface area contributed by atoms with Gasteiger partial charge in [0, 0.05) is 12.3 Å². The minimum atomic E-state index is 0.694. The summed E-state index contributed by atoms with van der Waals surface area (Å²) in [6.45, 7) is 0.742. The van der Waals surface area contributed by atoms with E-state index in [1.54, 1.807) is 23.1 Å². The topological polar surface area (TPSA) is 61.6 Å². The molecule has 3 aromatic carbocycles. The van der Waals surface area contributed by atoms with Gasteiger partial charge in [-0.05, 0) is 28.3 Å². The summed E-state index contributed by atoms with van der Waals surface area (Å²) in [7, 11) is 0. The first-order chi connectivity index (χ1) is 14.3. The summed E-state index contributed by atoms with van der Waals surface area (Å²) in [4.78, 5) is 0. The zero-order valence-electron chi connectivity index (χ0n) is 15.6. The molecule has 0 saturated heterocycles. The molecule has 1 aromatic heterocycles. The second kappa shape index (κ2) is 9.37. The maximum Gasteiger partial charge on any atom is 0.206 e. The highest BCUT2D eigenvalue weighted by Gasteiger charge is 2.07. The monoisotopic (exact) mass is 414 g/mol. The van der Waals surface area contributed by atoms with Crippen LogP contribution in [0.1, 0.15) is 16.7 Å². The molecule has 1 N–H and O–H groups in total. The maximum absolute atomic E-state index is 9.28. The van der Waals surface area contributed by atoms with Gasteiger partial charge in [0.1, 0.15) is 0 Å². The molecule has 29 heavy (non-hydrogen) atoms. The molecular weight excluding hydrogens is 396 g/mol. The lowest BCUT2D eigenvalue weighted by Crippen LogP contribution is -1.98. The second-order valence-corrected chi connectivity index (χ2v) is 8.56. The van der Waals surface area contributed by atoms with E-state index in [0.29, 0.717) is 5.56 Å². The number of anilines is 1. The Morgan fingerprint density at radius 1 is 0.862 bits per heavy atom. The van der Waals surface area contributed by atoms with Crippen LogP contribution in [0.2, 0.25) is 0 Å². The fraction of sp³-hybridized carbons (Fsp3) is 0.0870. The van der Waals surface area contributed by atoms with E-state index in [1.807, 2.05) is 42.5 Å². The van der Waals surface area contributed by atoms with Crippen LogP contribution in [-0.4, -0.2) is 10.2 Å². The van der Waals surface area contributed by atoms with Gasteiger partial charge in [-0.2, -0.15) is 5.26 Å². The third kappa shape index (κ3) is 5.02.